The maximum Gasteiger partial charge on any atom is 0.133 e. The van der Waals surface area contributed by atoms with E-state index in [1.165, 1.54) is 66.0 Å². The molecular formula is C19H25N3. The number of nitrogens with zero attached hydrogens (tertiary/aromatic N) is 2. The fourth-order valence-corrected chi connectivity index (χ4v) is 4.12. The standard InChI is InChI=1S/C19H25N3/c1-13-8-9-17(14(2)12-13)22-19-16(10-11-20-19)18(21-22)15-6-4-3-5-7-15/h8-9,12,15,20H,3-7,10-11H2,1-2H3. The zero-order valence-electron chi connectivity index (χ0n) is 13.7. The van der Waals surface area contributed by atoms with Gasteiger partial charge < -0.3 is 5.32 Å². The molecular weight excluding hydrogens is 270 g/mol. The number of aryl methyl sites for hydroxylation is 2. The first-order valence-electron chi connectivity index (χ1n) is 8.67. The smallest absolute Gasteiger partial charge is 0.133 e. The molecule has 0 amide bonds. The minimum atomic E-state index is 0.675. The normalized spacial score (nSPS) is 18.3. The SMILES string of the molecule is Cc1ccc(-n2nc(C3CCCCC3)c3c2NCC3)c(C)c1. The maximum absolute atomic E-state index is 5.07. The van der Waals surface area contributed by atoms with E-state index in [-0.39, 0.29) is 0 Å². The Hall–Kier alpha value is -1.77. The number of nitrogens with one attached hydrogen (secondary N) is 1. The molecule has 1 N–H and O–H groups in total. The van der Waals surface area contributed by atoms with Crippen molar-refractivity contribution < 1.29 is 0 Å². The molecule has 0 saturated heterocycles. The molecule has 2 heterocycles. The fourth-order valence-electron chi connectivity index (χ4n) is 4.12. The highest BCUT2D eigenvalue weighted by atomic mass is 15.3. The first-order valence-corrected chi connectivity index (χ1v) is 8.67. The molecule has 2 aromatic rings. The molecule has 2 aliphatic rings. The molecule has 1 saturated carbocycles. The van der Waals surface area contributed by atoms with Crippen molar-refractivity contribution in [3.8, 4) is 5.69 Å². The van der Waals surface area contributed by atoms with Crippen LogP contribution in [0.15, 0.2) is 18.2 Å². The largest absolute Gasteiger partial charge is 0.369 e. The van der Waals surface area contributed by atoms with Crippen LogP contribution in [-0.4, -0.2) is 16.3 Å². The van der Waals surface area contributed by atoms with Gasteiger partial charge in [-0.05, 0) is 44.7 Å². The van der Waals surface area contributed by atoms with Crippen molar-refractivity contribution in [3.05, 3.63) is 40.6 Å². The summed E-state index contributed by atoms with van der Waals surface area (Å²) in [6.45, 7) is 5.39. The topological polar surface area (TPSA) is 29.9 Å². The zero-order chi connectivity index (χ0) is 15.1. The molecule has 3 nitrogen and oxygen atoms in total. The summed E-state index contributed by atoms with van der Waals surface area (Å²) in [6, 6.07) is 6.65. The van der Waals surface area contributed by atoms with Gasteiger partial charge in [0.05, 0.1) is 11.4 Å². The van der Waals surface area contributed by atoms with Gasteiger partial charge in [-0.2, -0.15) is 5.10 Å². The highest BCUT2D eigenvalue weighted by Gasteiger charge is 2.28. The Balaban J connectivity index is 1.80. The Kier molecular flexibility index (Phi) is 3.44. The number of aromatic nitrogens is 2. The van der Waals surface area contributed by atoms with Crippen LogP contribution in [0.2, 0.25) is 0 Å². The third-order valence-corrected chi connectivity index (χ3v) is 5.25. The van der Waals surface area contributed by atoms with Crippen LogP contribution in [0.25, 0.3) is 5.69 Å². The van der Waals surface area contributed by atoms with Gasteiger partial charge in [0.25, 0.3) is 0 Å². The van der Waals surface area contributed by atoms with E-state index in [1.54, 1.807) is 0 Å². The van der Waals surface area contributed by atoms with Crippen LogP contribution < -0.4 is 5.32 Å². The average Bonchev–Trinajstić information content (AvgIpc) is 3.11. The highest BCUT2D eigenvalue weighted by molar-refractivity contribution is 5.59. The summed E-state index contributed by atoms with van der Waals surface area (Å²) in [5.41, 5.74) is 6.68. The van der Waals surface area contributed by atoms with Crippen molar-refractivity contribution >= 4 is 5.82 Å². The molecule has 0 spiro atoms. The summed E-state index contributed by atoms with van der Waals surface area (Å²) in [7, 11) is 0. The molecule has 116 valence electrons. The minimum absolute atomic E-state index is 0.675. The summed E-state index contributed by atoms with van der Waals surface area (Å²) in [5, 5.41) is 8.64. The molecule has 0 bridgehead atoms. The van der Waals surface area contributed by atoms with Gasteiger partial charge in [0.2, 0.25) is 0 Å². The van der Waals surface area contributed by atoms with Crippen LogP contribution in [0.5, 0.6) is 0 Å². The van der Waals surface area contributed by atoms with Gasteiger partial charge in [0, 0.05) is 18.0 Å². The Bertz CT molecular complexity index is 693. The minimum Gasteiger partial charge on any atom is -0.369 e. The molecule has 1 aromatic heterocycles. The summed E-state index contributed by atoms with van der Waals surface area (Å²) in [4.78, 5) is 0. The number of benzene rings is 1. The fraction of sp³-hybridized carbons (Fsp3) is 0.526. The summed E-state index contributed by atoms with van der Waals surface area (Å²) in [6.07, 6.45) is 7.89. The molecule has 22 heavy (non-hydrogen) atoms. The third kappa shape index (κ3) is 2.23. The molecule has 1 aliphatic heterocycles. The van der Waals surface area contributed by atoms with E-state index in [0.29, 0.717) is 5.92 Å². The monoisotopic (exact) mass is 295 g/mol. The Morgan fingerprint density at radius 1 is 1.14 bits per heavy atom. The summed E-state index contributed by atoms with van der Waals surface area (Å²) >= 11 is 0. The van der Waals surface area contributed by atoms with Crippen molar-refractivity contribution in [3.63, 3.8) is 0 Å². The van der Waals surface area contributed by atoms with E-state index >= 15 is 0 Å². The lowest BCUT2D eigenvalue weighted by Crippen LogP contribution is -2.10. The van der Waals surface area contributed by atoms with Gasteiger partial charge in [-0.25, -0.2) is 4.68 Å². The highest BCUT2D eigenvalue weighted by Crippen LogP contribution is 2.39. The quantitative estimate of drug-likeness (QED) is 0.883. The molecule has 0 radical (unpaired) electrons. The number of fused-ring (bicyclic) bond motifs is 1. The number of rotatable bonds is 2. The van der Waals surface area contributed by atoms with Gasteiger partial charge in [-0.15, -0.1) is 0 Å². The molecule has 1 fully saturated rings. The summed E-state index contributed by atoms with van der Waals surface area (Å²) in [5.74, 6) is 1.92. The van der Waals surface area contributed by atoms with Crippen molar-refractivity contribution in [2.75, 3.05) is 11.9 Å². The van der Waals surface area contributed by atoms with Crippen LogP contribution in [0, 0.1) is 13.8 Å². The van der Waals surface area contributed by atoms with Crippen molar-refractivity contribution in [2.45, 2.75) is 58.3 Å². The van der Waals surface area contributed by atoms with Crippen molar-refractivity contribution in [1.29, 1.82) is 0 Å². The van der Waals surface area contributed by atoms with Crippen LogP contribution >= 0.6 is 0 Å². The maximum atomic E-state index is 5.07. The number of anilines is 1. The predicted molar refractivity (Wildman–Crippen MR) is 91.1 cm³/mol. The third-order valence-electron chi connectivity index (χ3n) is 5.25. The average molecular weight is 295 g/mol. The van der Waals surface area contributed by atoms with E-state index in [9.17, 15) is 0 Å². The Morgan fingerprint density at radius 2 is 1.95 bits per heavy atom. The van der Waals surface area contributed by atoms with Crippen LogP contribution in [-0.2, 0) is 6.42 Å². The molecule has 4 rings (SSSR count). The van der Waals surface area contributed by atoms with Crippen LogP contribution in [0.4, 0.5) is 5.82 Å². The first kappa shape index (κ1) is 13.9. The second-order valence-corrected chi connectivity index (χ2v) is 6.93. The van der Waals surface area contributed by atoms with Gasteiger partial charge in [0.15, 0.2) is 0 Å². The lowest BCUT2D eigenvalue weighted by atomic mass is 9.85. The van der Waals surface area contributed by atoms with Gasteiger partial charge in [-0.3, -0.25) is 0 Å². The summed E-state index contributed by atoms with van der Waals surface area (Å²) < 4.78 is 2.17. The number of hydrogen-bond donors (Lipinski definition) is 1. The number of hydrogen-bond acceptors (Lipinski definition) is 2. The van der Waals surface area contributed by atoms with E-state index in [4.69, 9.17) is 5.10 Å². The second-order valence-electron chi connectivity index (χ2n) is 6.93. The van der Waals surface area contributed by atoms with Gasteiger partial charge in [0.1, 0.15) is 5.82 Å². The van der Waals surface area contributed by atoms with Crippen molar-refractivity contribution in [2.24, 2.45) is 0 Å². The Morgan fingerprint density at radius 3 is 2.73 bits per heavy atom. The van der Waals surface area contributed by atoms with Gasteiger partial charge in [-0.1, -0.05) is 37.0 Å². The van der Waals surface area contributed by atoms with Gasteiger partial charge >= 0.3 is 0 Å². The van der Waals surface area contributed by atoms with E-state index in [2.05, 4.69) is 42.0 Å². The lowest BCUT2D eigenvalue weighted by Gasteiger charge is -2.20. The van der Waals surface area contributed by atoms with E-state index in [1.807, 2.05) is 0 Å². The van der Waals surface area contributed by atoms with E-state index in [0.717, 1.165) is 13.0 Å². The predicted octanol–water partition coefficient (Wildman–Crippen LogP) is 4.50. The van der Waals surface area contributed by atoms with E-state index < -0.39 is 0 Å². The molecule has 3 heteroatoms. The molecule has 1 aromatic carbocycles. The zero-order valence-corrected chi connectivity index (χ0v) is 13.7. The molecule has 1 aliphatic carbocycles. The Labute approximate surface area is 132 Å². The van der Waals surface area contributed by atoms with Crippen LogP contribution in [0.1, 0.15) is 60.4 Å². The lowest BCUT2D eigenvalue weighted by molar-refractivity contribution is 0.433. The molecule has 0 atom stereocenters. The second kappa shape index (κ2) is 5.45. The van der Waals surface area contributed by atoms with Crippen LogP contribution in [0.3, 0.4) is 0 Å². The first-order chi connectivity index (χ1) is 10.7. The molecule has 0 unspecified atom stereocenters. The van der Waals surface area contributed by atoms with Crippen molar-refractivity contribution in [1.82, 2.24) is 9.78 Å².